The molecule has 0 aromatic heterocycles. The van der Waals surface area contributed by atoms with Gasteiger partial charge in [0.15, 0.2) is 29.2 Å². The van der Waals surface area contributed by atoms with Gasteiger partial charge in [0.05, 0.1) is 5.56 Å². The lowest BCUT2D eigenvalue weighted by Crippen LogP contribution is -2.30. The second-order valence-electron chi connectivity index (χ2n) is 7.57. The van der Waals surface area contributed by atoms with Crippen molar-refractivity contribution in [3.05, 3.63) is 88.5 Å². The first-order chi connectivity index (χ1) is 15.9. The predicted octanol–water partition coefficient (Wildman–Crippen LogP) is 3.37. The lowest BCUT2D eigenvalue weighted by Gasteiger charge is -2.19. The number of fused-ring (bicyclic) bond motifs is 3. The van der Waals surface area contributed by atoms with Crippen molar-refractivity contribution in [1.82, 2.24) is 0 Å². The van der Waals surface area contributed by atoms with Gasteiger partial charge in [-0.15, -0.1) is 0 Å². The first kappa shape index (κ1) is 20.4. The van der Waals surface area contributed by atoms with Crippen LogP contribution in [0.15, 0.2) is 60.7 Å². The van der Waals surface area contributed by atoms with Gasteiger partial charge in [0, 0.05) is 27.9 Å². The molecule has 0 bridgehead atoms. The number of nitrogens with one attached hydrogen (secondary N) is 1. The van der Waals surface area contributed by atoms with E-state index in [-0.39, 0.29) is 35.0 Å². The highest BCUT2D eigenvalue weighted by Gasteiger charge is 2.30. The van der Waals surface area contributed by atoms with Crippen molar-refractivity contribution >= 4 is 29.1 Å². The molecule has 1 unspecified atom stereocenters. The quantitative estimate of drug-likeness (QED) is 0.482. The van der Waals surface area contributed by atoms with Crippen molar-refractivity contribution in [3.8, 4) is 11.5 Å². The Morgan fingerprint density at radius 3 is 2.27 bits per heavy atom. The van der Waals surface area contributed by atoms with Gasteiger partial charge in [-0.2, -0.15) is 0 Å². The summed E-state index contributed by atoms with van der Waals surface area (Å²) in [4.78, 5) is 50.6. The summed E-state index contributed by atoms with van der Waals surface area (Å²) in [7, 11) is 0. The van der Waals surface area contributed by atoms with E-state index in [9.17, 15) is 19.2 Å². The number of anilines is 1. The highest BCUT2D eigenvalue weighted by molar-refractivity contribution is 6.28. The van der Waals surface area contributed by atoms with E-state index >= 15 is 0 Å². The van der Waals surface area contributed by atoms with Crippen LogP contribution in [0, 0.1) is 0 Å². The first-order valence-electron chi connectivity index (χ1n) is 10.2. The van der Waals surface area contributed by atoms with E-state index < -0.39 is 18.0 Å². The highest BCUT2D eigenvalue weighted by Crippen LogP contribution is 2.33. The number of hydrogen-bond donors (Lipinski definition) is 1. The lowest BCUT2D eigenvalue weighted by molar-refractivity contribution is -0.123. The van der Waals surface area contributed by atoms with E-state index in [4.69, 9.17) is 14.2 Å². The molecular weight excluding hydrogens is 426 g/mol. The SMILES string of the molecule is CC(OC(=O)c1ccc2c(c1)OCO2)C(=O)Nc1ccc2c(c1)C(=O)c1ccccc1C2=O. The Hall–Kier alpha value is -4.46. The van der Waals surface area contributed by atoms with Crippen LogP contribution in [-0.4, -0.2) is 36.3 Å². The monoisotopic (exact) mass is 443 g/mol. The number of carbonyl (C=O) groups excluding carboxylic acids is 4. The van der Waals surface area contributed by atoms with Crippen LogP contribution in [0.4, 0.5) is 5.69 Å². The molecular formula is C25H17NO7. The molecule has 1 heterocycles. The zero-order valence-corrected chi connectivity index (χ0v) is 17.4. The van der Waals surface area contributed by atoms with E-state index in [1.54, 1.807) is 30.3 Å². The number of amides is 1. The summed E-state index contributed by atoms with van der Waals surface area (Å²) in [6, 6.07) is 15.7. The summed E-state index contributed by atoms with van der Waals surface area (Å²) in [6.45, 7) is 1.51. The minimum atomic E-state index is -1.11. The summed E-state index contributed by atoms with van der Waals surface area (Å²) < 4.78 is 15.7. The van der Waals surface area contributed by atoms with Crippen LogP contribution >= 0.6 is 0 Å². The highest BCUT2D eigenvalue weighted by atomic mass is 16.7. The van der Waals surface area contributed by atoms with Crippen molar-refractivity contribution in [2.45, 2.75) is 13.0 Å². The van der Waals surface area contributed by atoms with Gasteiger partial charge in [-0.1, -0.05) is 24.3 Å². The lowest BCUT2D eigenvalue weighted by atomic mass is 9.84. The number of hydrogen-bond acceptors (Lipinski definition) is 7. The van der Waals surface area contributed by atoms with Crippen LogP contribution < -0.4 is 14.8 Å². The van der Waals surface area contributed by atoms with Crippen LogP contribution in [0.2, 0.25) is 0 Å². The number of rotatable bonds is 4. The molecule has 164 valence electrons. The van der Waals surface area contributed by atoms with Gasteiger partial charge in [-0.25, -0.2) is 4.79 Å². The molecule has 3 aromatic rings. The van der Waals surface area contributed by atoms with Gasteiger partial charge < -0.3 is 19.5 Å². The second-order valence-corrected chi connectivity index (χ2v) is 7.57. The molecule has 0 saturated heterocycles. The zero-order chi connectivity index (χ0) is 23.1. The number of ketones is 2. The maximum absolute atomic E-state index is 12.9. The largest absolute Gasteiger partial charge is 0.454 e. The van der Waals surface area contributed by atoms with Crippen molar-refractivity contribution in [2.75, 3.05) is 12.1 Å². The van der Waals surface area contributed by atoms with Crippen molar-refractivity contribution < 1.29 is 33.4 Å². The van der Waals surface area contributed by atoms with Gasteiger partial charge in [0.25, 0.3) is 5.91 Å². The summed E-state index contributed by atoms with van der Waals surface area (Å²) in [6.07, 6.45) is -1.11. The second kappa shape index (κ2) is 7.90. The fourth-order valence-corrected chi connectivity index (χ4v) is 3.73. The number of benzene rings is 3. The van der Waals surface area contributed by atoms with Gasteiger partial charge in [0.2, 0.25) is 6.79 Å². The zero-order valence-electron chi connectivity index (χ0n) is 17.4. The topological polar surface area (TPSA) is 108 Å². The van der Waals surface area contributed by atoms with Crippen LogP contribution in [0.5, 0.6) is 11.5 Å². The molecule has 1 aliphatic heterocycles. The first-order valence-corrected chi connectivity index (χ1v) is 10.2. The maximum Gasteiger partial charge on any atom is 0.339 e. The number of esters is 1. The Balaban J connectivity index is 1.29. The Labute approximate surface area is 188 Å². The Morgan fingerprint density at radius 1 is 0.848 bits per heavy atom. The smallest absolute Gasteiger partial charge is 0.339 e. The van der Waals surface area contributed by atoms with Crippen LogP contribution in [-0.2, 0) is 9.53 Å². The molecule has 0 fully saturated rings. The minimum Gasteiger partial charge on any atom is -0.454 e. The number of ether oxygens (including phenoxy) is 3. The third kappa shape index (κ3) is 3.61. The molecule has 8 heteroatoms. The standard InChI is InChI=1S/C25H17NO7/c1-13(33-25(30)14-6-9-20-21(10-14)32-12-31-20)24(29)26-15-7-8-18-19(11-15)23(28)17-5-3-2-4-16(17)22(18)27/h2-11,13H,12H2,1H3,(H,26,29). The van der Waals surface area contributed by atoms with Gasteiger partial charge >= 0.3 is 5.97 Å². The number of carbonyl (C=O) groups is 4. The van der Waals surface area contributed by atoms with Gasteiger partial charge in [0.1, 0.15) is 0 Å². The molecule has 8 nitrogen and oxygen atoms in total. The fraction of sp³-hybridized carbons (Fsp3) is 0.120. The normalized spacial score (nSPS) is 14.2. The molecule has 0 spiro atoms. The Morgan fingerprint density at radius 2 is 1.52 bits per heavy atom. The summed E-state index contributed by atoms with van der Waals surface area (Å²) in [5.41, 5.74) is 1.70. The molecule has 1 N–H and O–H groups in total. The van der Waals surface area contributed by atoms with Crippen molar-refractivity contribution in [3.63, 3.8) is 0 Å². The van der Waals surface area contributed by atoms with E-state index in [0.29, 0.717) is 28.3 Å². The molecule has 0 radical (unpaired) electrons. The third-order valence-corrected chi connectivity index (χ3v) is 5.45. The Kier molecular flexibility index (Phi) is 4.90. The average Bonchev–Trinajstić information content (AvgIpc) is 3.30. The van der Waals surface area contributed by atoms with E-state index in [2.05, 4.69) is 5.32 Å². The molecule has 2 aliphatic rings. The van der Waals surface area contributed by atoms with Crippen LogP contribution in [0.25, 0.3) is 0 Å². The molecule has 3 aromatic carbocycles. The summed E-state index contributed by atoms with van der Waals surface area (Å²) in [5.74, 6) is -0.864. The molecule has 33 heavy (non-hydrogen) atoms. The van der Waals surface area contributed by atoms with E-state index in [1.807, 2.05) is 0 Å². The summed E-state index contributed by atoms with van der Waals surface area (Å²) in [5, 5.41) is 2.63. The van der Waals surface area contributed by atoms with Crippen molar-refractivity contribution in [2.24, 2.45) is 0 Å². The Bertz CT molecular complexity index is 1340. The fourth-order valence-electron chi connectivity index (χ4n) is 3.73. The maximum atomic E-state index is 12.9. The van der Waals surface area contributed by atoms with Gasteiger partial charge in [-0.05, 0) is 43.3 Å². The molecule has 5 rings (SSSR count). The molecule has 1 atom stereocenters. The van der Waals surface area contributed by atoms with Crippen molar-refractivity contribution in [1.29, 1.82) is 0 Å². The minimum absolute atomic E-state index is 0.0765. The summed E-state index contributed by atoms with van der Waals surface area (Å²) >= 11 is 0. The molecule has 0 saturated carbocycles. The predicted molar refractivity (Wildman–Crippen MR) is 116 cm³/mol. The van der Waals surface area contributed by atoms with Gasteiger partial charge in [-0.3, -0.25) is 14.4 Å². The average molecular weight is 443 g/mol. The van der Waals surface area contributed by atoms with Crippen LogP contribution in [0.3, 0.4) is 0 Å². The van der Waals surface area contributed by atoms with E-state index in [0.717, 1.165) is 0 Å². The van der Waals surface area contributed by atoms with Crippen LogP contribution in [0.1, 0.15) is 49.1 Å². The molecule has 1 amide bonds. The third-order valence-electron chi connectivity index (χ3n) is 5.45. The van der Waals surface area contributed by atoms with E-state index in [1.165, 1.54) is 37.3 Å². The molecule has 1 aliphatic carbocycles.